The van der Waals surface area contributed by atoms with Gasteiger partial charge in [0.25, 0.3) is 0 Å². The lowest BCUT2D eigenvalue weighted by molar-refractivity contribution is -0.131. The van der Waals surface area contributed by atoms with Crippen LogP contribution in [-0.2, 0) is 4.79 Å². The molecule has 2 nitrogen and oxygen atoms in total. The Kier molecular flexibility index (Phi) is 7.76. The topological polar surface area (TPSA) is 37.3 Å². The zero-order chi connectivity index (χ0) is 21.0. The van der Waals surface area contributed by atoms with Gasteiger partial charge in [-0.15, -0.1) is 0 Å². The predicted octanol–water partition coefficient (Wildman–Crippen LogP) is 6.65. The predicted molar refractivity (Wildman–Crippen MR) is 123 cm³/mol. The summed E-state index contributed by atoms with van der Waals surface area (Å²) in [7, 11) is 0. The van der Waals surface area contributed by atoms with Crippen LogP contribution in [0.4, 0.5) is 0 Å². The molecule has 30 heavy (non-hydrogen) atoms. The normalized spacial score (nSPS) is 10.4. The molecular formula is C28H24O2. The van der Waals surface area contributed by atoms with E-state index in [9.17, 15) is 4.79 Å². The molecule has 2 heteroatoms. The van der Waals surface area contributed by atoms with E-state index in [1.807, 2.05) is 30.3 Å². The fourth-order valence-electron chi connectivity index (χ4n) is 3.25. The van der Waals surface area contributed by atoms with Gasteiger partial charge in [0.05, 0.1) is 0 Å². The summed E-state index contributed by atoms with van der Waals surface area (Å²) >= 11 is 0. The molecule has 0 aliphatic rings. The zero-order valence-electron chi connectivity index (χ0n) is 16.6. The molecule has 0 aliphatic carbocycles. The van der Waals surface area contributed by atoms with Crippen LogP contribution in [0.1, 0.15) is 28.2 Å². The third kappa shape index (κ3) is 6.32. The minimum Gasteiger partial charge on any atom is -0.478 e. The van der Waals surface area contributed by atoms with Crippen molar-refractivity contribution in [3.05, 3.63) is 150 Å². The van der Waals surface area contributed by atoms with Crippen molar-refractivity contribution in [2.75, 3.05) is 0 Å². The maximum atomic E-state index is 10.1. The van der Waals surface area contributed by atoms with Crippen molar-refractivity contribution in [3.63, 3.8) is 0 Å². The second-order valence-corrected chi connectivity index (χ2v) is 6.75. The molecule has 4 aromatic rings. The van der Waals surface area contributed by atoms with E-state index in [1.54, 1.807) is 6.08 Å². The Balaban J connectivity index is 0.000000199. The third-order valence-electron chi connectivity index (χ3n) is 4.62. The van der Waals surface area contributed by atoms with Gasteiger partial charge in [0.2, 0.25) is 0 Å². The highest BCUT2D eigenvalue weighted by molar-refractivity contribution is 5.85. The van der Waals surface area contributed by atoms with Crippen LogP contribution < -0.4 is 0 Å². The largest absolute Gasteiger partial charge is 0.478 e. The molecule has 4 aromatic carbocycles. The first kappa shape index (κ1) is 20.8. The third-order valence-corrected chi connectivity index (χ3v) is 4.62. The molecule has 0 aliphatic heterocycles. The lowest BCUT2D eigenvalue weighted by Gasteiger charge is -2.18. The van der Waals surface area contributed by atoms with Crippen LogP contribution >= 0.6 is 0 Å². The van der Waals surface area contributed by atoms with E-state index in [1.165, 1.54) is 16.7 Å². The smallest absolute Gasteiger partial charge is 0.328 e. The van der Waals surface area contributed by atoms with Crippen LogP contribution in [0.5, 0.6) is 0 Å². The summed E-state index contributed by atoms with van der Waals surface area (Å²) in [5.41, 5.74) is 4.90. The molecule has 0 atom stereocenters. The molecule has 0 saturated carbocycles. The number of rotatable bonds is 5. The Morgan fingerprint density at radius 1 is 0.567 bits per heavy atom. The molecule has 0 saturated heterocycles. The Labute approximate surface area is 177 Å². The molecule has 4 rings (SSSR count). The molecular weight excluding hydrogens is 368 g/mol. The number of carboxylic acid groups (broad SMARTS) is 1. The van der Waals surface area contributed by atoms with Crippen LogP contribution in [0.3, 0.4) is 0 Å². The van der Waals surface area contributed by atoms with E-state index >= 15 is 0 Å². The van der Waals surface area contributed by atoms with Crippen molar-refractivity contribution in [3.8, 4) is 0 Å². The number of hydrogen-bond acceptors (Lipinski definition) is 1. The van der Waals surface area contributed by atoms with Gasteiger partial charge in [0.15, 0.2) is 0 Å². The molecule has 0 amide bonds. The second kappa shape index (κ2) is 11.2. The summed E-state index contributed by atoms with van der Waals surface area (Å²) in [6, 6.07) is 41.3. The molecule has 0 spiro atoms. The zero-order valence-corrected chi connectivity index (χ0v) is 16.6. The molecule has 0 unspecified atom stereocenters. The van der Waals surface area contributed by atoms with Crippen molar-refractivity contribution in [1.82, 2.24) is 0 Å². The average Bonchev–Trinajstić information content (AvgIpc) is 2.81. The van der Waals surface area contributed by atoms with Crippen LogP contribution in [0.25, 0.3) is 6.08 Å². The summed E-state index contributed by atoms with van der Waals surface area (Å²) < 4.78 is 0. The average molecular weight is 392 g/mol. The number of hydrogen-bond donors (Lipinski definition) is 1. The summed E-state index contributed by atoms with van der Waals surface area (Å²) in [5.74, 6) is -0.613. The molecule has 0 radical (unpaired) electrons. The van der Waals surface area contributed by atoms with Crippen LogP contribution in [-0.4, -0.2) is 11.1 Å². The van der Waals surface area contributed by atoms with Crippen LogP contribution in [0.15, 0.2) is 127 Å². The van der Waals surface area contributed by atoms with Gasteiger partial charge in [-0.3, -0.25) is 0 Å². The first-order valence-electron chi connectivity index (χ1n) is 9.85. The van der Waals surface area contributed by atoms with Gasteiger partial charge in [0.1, 0.15) is 0 Å². The Bertz CT molecular complexity index is 947. The summed E-state index contributed by atoms with van der Waals surface area (Å²) in [6.07, 6.45) is 2.68. The van der Waals surface area contributed by atoms with Gasteiger partial charge in [0, 0.05) is 12.0 Å². The monoisotopic (exact) mass is 392 g/mol. The standard InChI is InChI=1S/C19H16.C9H8O2/c1-4-10-16(11-5-1)19(17-12-6-2-7-13-17)18-14-8-3-9-15-18;10-9(11)7-6-8-4-2-1-3-5-8/h1-15,19H;1-7H,(H,10,11)/b;7-6+. The fourth-order valence-corrected chi connectivity index (χ4v) is 3.25. The number of carbonyl (C=O) groups is 1. The highest BCUT2D eigenvalue weighted by Crippen LogP contribution is 2.31. The van der Waals surface area contributed by atoms with Crippen molar-refractivity contribution < 1.29 is 9.90 Å². The van der Waals surface area contributed by atoms with E-state index in [0.717, 1.165) is 11.6 Å². The van der Waals surface area contributed by atoms with Gasteiger partial charge in [-0.05, 0) is 28.3 Å². The lowest BCUT2D eigenvalue weighted by Crippen LogP contribution is -2.02. The summed E-state index contributed by atoms with van der Waals surface area (Å²) in [6.45, 7) is 0. The van der Waals surface area contributed by atoms with Crippen molar-refractivity contribution in [2.45, 2.75) is 5.92 Å². The quantitative estimate of drug-likeness (QED) is 0.305. The maximum Gasteiger partial charge on any atom is 0.328 e. The van der Waals surface area contributed by atoms with Gasteiger partial charge in [-0.1, -0.05) is 121 Å². The molecule has 0 aromatic heterocycles. The Morgan fingerprint density at radius 2 is 0.900 bits per heavy atom. The SMILES string of the molecule is O=C(O)/C=C/c1ccccc1.c1ccc(C(c2ccccc2)c2ccccc2)cc1. The van der Waals surface area contributed by atoms with Crippen molar-refractivity contribution >= 4 is 12.0 Å². The minimum absolute atomic E-state index is 0.309. The first-order chi connectivity index (χ1) is 14.7. The van der Waals surface area contributed by atoms with Crippen molar-refractivity contribution in [2.24, 2.45) is 0 Å². The summed E-state index contributed by atoms with van der Waals surface area (Å²) in [5, 5.41) is 8.29. The Hall–Kier alpha value is -3.91. The van der Waals surface area contributed by atoms with E-state index in [2.05, 4.69) is 91.0 Å². The Morgan fingerprint density at radius 3 is 1.23 bits per heavy atom. The second-order valence-electron chi connectivity index (χ2n) is 6.75. The van der Waals surface area contributed by atoms with Gasteiger partial charge < -0.3 is 5.11 Å². The van der Waals surface area contributed by atoms with E-state index in [4.69, 9.17) is 5.11 Å². The molecule has 0 heterocycles. The van der Waals surface area contributed by atoms with Crippen molar-refractivity contribution in [1.29, 1.82) is 0 Å². The lowest BCUT2D eigenvalue weighted by atomic mass is 9.85. The number of aliphatic carboxylic acids is 1. The number of carboxylic acids is 1. The van der Waals surface area contributed by atoms with Gasteiger partial charge in [-0.25, -0.2) is 4.79 Å². The first-order valence-corrected chi connectivity index (χ1v) is 9.85. The van der Waals surface area contributed by atoms with Crippen LogP contribution in [0, 0.1) is 0 Å². The highest BCUT2D eigenvalue weighted by Gasteiger charge is 2.15. The molecule has 148 valence electrons. The number of benzene rings is 4. The van der Waals surface area contributed by atoms with E-state index < -0.39 is 5.97 Å². The maximum absolute atomic E-state index is 10.1. The van der Waals surface area contributed by atoms with Gasteiger partial charge >= 0.3 is 5.97 Å². The highest BCUT2D eigenvalue weighted by atomic mass is 16.4. The summed E-state index contributed by atoms with van der Waals surface area (Å²) in [4.78, 5) is 10.1. The van der Waals surface area contributed by atoms with E-state index in [0.29, 0.717) is 5.92 Å². The van der Waals surface area contributed by atoms with Gasteiger partial charge in [-0.2, -0.15) is 0 Å². The molecule has 0 bridgehead atoms. The fraction of sp³-hybridized carbons (Fsp3) is 0.0357. The molecule has 1 N–H and O–H groups in total. The molecule has 0 fully saturated rings. The van der Waals surface area contributed by atoms with E-state index in [-0.39, 0.29) is 0 Å². The van der Waals surface area contributed by atoms with Crippen LogP contribution in [0.2, 0.25) is 0 Å². The minimum atomic E-state index is -0.922.